The molecule has 10 aliphatic rings. The molecule has 1 unspecified atom stereocenters. The molecule has 0 aromatic rings. The van der Waals surface area contributed by atoms with E-state index in [9.17, 15) is 70.9 Å². The number of hydrogen-bond acceptors (Lipinski definition) is 25. The SMILES string of the molecule is CC(=O)OC[C@@]1(O)CO[C@@H](O[C@@H]2[C@@H](O)[C@H](C)O[C@@H](O[C@H]3[C@H](O[C@@H]4C[C@H](O)CC5=CC[C@H]6C7=C(CCC6[C@]54C)[C@@H]4[C@@H](O[C@@]5(OC[C@H](C)[C@@H](O)[C@@H]5O)[C@H]4CO)C7=O)OC[C@H](O)[C@@H]3O[C@@H]3OC[C@@H](O)[C@H](O)[C@H]3O)[C@@H]2O)[C@@H]1O. The summed E-state index contributed by atoms with van der Waals surface area (Å²) in [6.45, 7) is 3.65. The van der Waals surface area contributed by atoms with Crippen LogP contribution in [0.4, 0.5) is 0 Å². The maximum absolute atomic E-state index is 14.7. The number of carbonyl (C=O) groups is 2. The van der Waals surface area contributed by atoms with Crippen LogP contribution < -0.4 is 0 Å². The first-order valence-corrected chi connectivity index (χ1v) is 25.7. The van der Waals surface area contributed by atoms with Crippen molar-refractivity contribution in [2.75, 3.05) is 39.6 Å². The van der Waals surface area contributed by atoms with E-state index in [0.29, 0.717) is 24.8 Å². The molecule has 28 atom stereocenters. The zero-order valence-corrected chi connectivity index (χ0v) is 41.5. The number of allylic oxidation sites excluding steroid dienone is 1. The Labute approximate surface area is 425 Å². The third kappa shape index (κ3) is 9.06. The molecule has 7 fully saturated rings. The monoisotopic (exact) mass is 1060 g/mol. The fourth-order valence-corrected chi connectivity index (χ4v) is 13.7. The van der Waals surface area contributed by atoms with Gasteiger partial charge in [-0.15, -0.1) is 0 Å². The topological polar surface area (TPSA) is 378 Å². The summed E-state index contributed by atoms with van der Waals surface area (Å²) in [6.07, 6.45) is -26.7. The summed E-state index contributed by atoms with van der Waals surface area (Å²) in [6, 6.07) is 0. The number of carbonyl (C=O) groups excluding carboxylic acids is 2. The van der Waals surface area contributed by atoms with Crippen molar-refractivity contribution in [1.29, 1.82) is 0 Å². The minimum absolute atomic E-state index is 0.0424. The van der Waals surface area contributed by atoms with Gasteiger partial charge < -0.3 is 113 Å². The predicted molar refractivity (Wildman–Crippen MR) is 240 cm³/mol. The molecule has 6 aliphatic heterocycles. The summed E-state index contributed by atoms with van der Waals surface area (Å²) in [7, 11) is 0. The van der Waals surface area contributed by atoms with Gasteiger partial charge in [-0.25, -0.2) is 0 Å². The number of hydrogen-bond donors (Lipinski definition) is 12. The lowest BCUT2D eigenvalue weighted by Crippen LogP contribution is -2.65. The highest BCUT2D eigenvalue weighted by molar-refractivity contribution is 6.04. The van der Waals surface area contributed by atoms with Crippen molar-refractivity contribution in [2.24, 2.45) is 35.0 Å². The second-order valence-corrected chi connectivity index (χ2v) is 22.3. The van der Waals surface area contributed by atoms with Gasteiger partial charge in [0.05, 0.1) is 57.5 Å². The number of aliphatic hydroxyl groups is 12. The van der Waals surface area contributed by atoms with Gasteiger partial charge in [0, 0.05) is 42.1 Å². The molecule has 12 N–H and O–H groups in total. The summed E-state index contributed by atoms with van der Waals surface area (Å²) < 4.78 is 66.2. The summed E-state index contributed by atoms with van der Waals surface area (Å²) in [5.41, 5.74) is -0.799. The van der Waals surface area contributed by atoms with Crippen LogP contribution in [-0.2, 0) is 61.7 Å². The molecule has 1 saturated carbocycles. The molecule has 10 rings (SSSR count). The molecule has 0 amide bonds. The maximum Gasteiger partial charge on any atom is 0.302 e. The quantitative estimate of drug-likeness (QED) is 0.0683. The van der Waals surface area contributed by atoms with Gasteiger partial charge in [-0.3, -0.25) is 9.59 Å². The predicted octanol–water partition coefficient (Wildman–Crippen LogP) is -4.73. The van der Waals surface area contributed by atoms with Crippen LogP contribution in [0.15, 0.2) is 22.8 Å². The third-order valence-electron chi connectivity index (χ3n) is 17.9. The lowest BCUT2D eigenvalue weighted by Gasteiger charge is -2.57. The highest BCUT2D eigenvalue weighted by Crippen LogP contribution is 2.64. The zero-order chi connectivity index (χ0) is 53.1. The molecule has 25 heteroatoms. The molecular weight excluding hydrogens is 989 g/mol. The highest BCUT2D eigenvalue weighted by atomic mass is 16.8. The van der Waals surface area contributed by atoms with Gasteiger partial charge in [0.15, 0.2) is 36.5 Å². The van der Waals surface area contributed by atoms with E-state index < -0.39 is 196 Å². The van der Waals surface area contributed by atoms with Gasteiger partial charge in [-0.1, -0.05) is 31.1 Å². The molecule has 0 radical (unpaired) electrons. The first-order valence-electron chi connectivity index (χ1n) is 25.7. The Bertz CT molecular complexity index is 2150. The molecule has 0 aromatic heterocycles. The Kier molecular flexibility index (Phi) is 15.4. The molecule has 6 heterocycles. The van der Waals surface area contributed by atoms with Gasteiger partial charge >= 0.3 is 5.97 Å². The Morgan fingerprint density at radius 2 is 1.49 bits per heavy atom. The lowest BCUT2D eigenvalue weighted by atomic mass is 9.51. The fraction of sp³-hybridized carbons (Fsp3) is 0.878. The van der Waals surface area contributed by atoms with Crippen LogP contribution in [0.2, 0.25) is 0 Å². The summed E-state index contributed by atoms with van der Waals surface area (Å²) in [4.78, 5) is 26.2. The van der Waals surface area contributed by atoms with Gasteiger partial charge in [-0.05, 0) is 44.4 Å². The Morgan fingerprint density at radius 1 is 0.784 bits per heavy atom. The molecule has 1 spiro atoms. The summed E-state index contributed by atoms with van der Waals surface area (Å²) in [5.74, 6) is -5.39. The van der Waals surface area contributed by atoms with E-state index in [4.69, 9.17) is 52.1 Å². The number of esters is 1. The van der Waals surface area contributed by atoms with Crippen LogP contribution in [0.25, 0.3) is 0 Å². The van der Waals surface area contributed by atoms with Crippen LogP contribution in [0.5, 0.6) is 0 Å². The number of rotatable bonds is 11. The van der Waals surface area contributed by atoms with Crippen molar-refractivity contribution < 1.29 is 123 Å². The van der Waals surface area contributed by atoms with Crippen molar-refractivity contribution in [3.05, 3.63) is 22.8 Å². The van der Waals surface area contributed by atoms with Gasteiger partial charge in [0.2, 0.25) is 5.79 Å². The van der Waals surface area contributed by atoms with E-state index in [1.807, 2.05) is 13.0 Å². The molecule has 0 aromatic carbocycles. The van der Waals surface area contributed by atoms with Gasteiger partial charge in [0.1, 0.15) is 79.9 Å². The van der Waals surface area contributed by atoms with Crippen LogP contribution in [0.1, 0.15) is 59.8 Å². The third-order valence-corrected chi connectivity index (χ3v) is 17.9. The largest absolute Gasteiger partial charge is 0.463 e. The lowest BCUT2D eigenvalue weighted by molar-refractivity contribution is -0.387. The second kappa shape index (κ2) is 20.8. The van der Waals surface area contributed by atoms with E-state index in [2.05, 4.69) is 0 Å². The number of fused-ring (bicyclic) bond motifs is 6. The average molecular weight is 1060 g/mol. The van der Waals surface area contributed by atoms with Crippen molar-refractivity contribution in [2.45, 2.75) is 194 Å². The fourth-order valence-electron chi connectivity index (χ4n) is 13.7. The molecule has 74 heavy (non-hydrogen) atoms. The van der Waals surface area contributed by atoms with Crippen molar-refractivity contribution in [3.63, 3.8) is 0 Å². The van der Waals surface area contributed by atoms with Crippen LogP contribution in [0, 0.1) is 35.0 Å². The Balaban J connectivity index is 0.937. The van der Waals surface area contributed by atoms with Crippen LogP contribution in [0.3, 0.4) is 0 Å². The standard InChI is InChI=1S/C49H72O25/c1-17-12-68-49(41(61)31(17)55)25(11-50)30-23-7-8-24-22(29(23)34(58)38(30)74-49)6-5-20-9-21(52)10-28(47(20,24)4)70-45-40(37(27(54)14-65-45)71-43-35(59)33(57)26(53)13-64-43)73-44-36(60)39(32(56)18(2)69-44)72-46-42(62)48(63,16-67-46)15-66-19(3)51/h5,17-18,21-22,24-28,30-33,35-46,50,52-57,59-63H,6-16H2,1-4H3/t17-,18-,21+,22+,24?,25-,26+,27-,28+,30-,31+,32-,33-,35+,36+,37-,38+,39+,40+,41-,42-,43-,44-,45-,46-,47-,48+,49-/m0/s1. The van der Waals surface area contributed by atoms with E-state index >= 15 is 0 Å². The Hall–Kier alpha value is -2.26. The first kappa shape index (κ1) is 55.1. The molecule has 0 bridgehead atoms. The van der Waals surface area contributed by atoms with Crippen LogP contribution >= 0.6 is 0 Å². The summed E-state index contributed by atoms with van der Waals surface area (Å²) >= 11 is 0. The Morgan fingerprint density at radius 3 is 2.22 bits per heavy atom. The zero-order valence-electron chi connectivity index (χ0n) is 41.5. The number of ketones is 1. The van der Waals surface area contributed by atoms with Crippen molar-refractivity contribution in [3.8, 4) is 0 Å². The number of aliphatic hydroxyl groups excluding tert-OH is 11. The molecule has 25 nitrogen and oxygen atoms in total. The summed E-state index contributed by atoms with van der Waals surface area (Å²) in [5, 5.41) is 133. The first-order chi connectivity index (χ1) is 35.0. The molecule has 418 valence electrons. The van der Waals surface area contributed by atoms with Crippen molar-refractivity contribution >= 4 is 11.8 Å². The number of ether oxygens (including phenoxy) is 11. The average Bonchev–Trinajstić information content (AvgIpc) is 4.00. The van der Waals surface area contributed by atoms with E-state index in [-0.39, 0.29) is 37.1 Å². The molecule has 6 saturated heterocycles. The normalized spacial score (nSPS) is 53.3. The minimum atomic E-state index is -2.11. The van der Waals surface area contributed by atoms with Crippen LogP contribution in [-0.4, -0.2) is 247 Å². The number of Topliss-reactive ketones (excluding diaryl/α,β-unsaturated/α-hetero) is 1. The minimum Gasteiger partial charge on any atom is -0.463 e. The van der Waals surface area contributed by atoms with Gasteiger partial charge in [0.25, 0.3) is 0 Å². The molecular formula is C49H72O25. The van der Waals surface area contributed by atoms with E-state index in [0.717, 1.165) is 18.1 Å². The van der Waals surface area contributed by atoms with E-state index in [1.165, 1.54) is 6.92 Å². The maximum atomic E-state index is 14.7. The highest BCUT2D eigenvalue weighted by Gasteiger charge is 2.69. The second-order valence-electron chi connectivity index (χ2n) is 22.3. The van der Waals surface area contributed by atoms with E-state index in [1.54, 1.807) is 6.92 Å². The smallest absolute Gasteiger partial charge is 0.302 e. The van der Waals surface area contributed by atoms with Gasteiger partial charge in [-0.2, -0.15) is 0 Å². The van der Waals surface area contributed by atoms with Crippen molar-refractivity contribution in [1.82, 2.24) is 0 Å². The molecule has 4 aliphatic carbocycles.